The highest BCUT2D eigenvalue weighted by atomic mass is 16.3. The number of carbonyl (C=O) groups is 1. The molecular formula is C21H29N5O2. The fraction of sp³-hybridized carbons (Fsp3) is 0.619. The van der Waals surface area contributed by atoms with Gasteiger partial charge in [-0.1, -0.05) is 0 Å². The van der Waals surface area contributed by atoms with Gasteiger partial charge in [0.1, 0.15) is 12.0 Å². The second-order valence-electron chi connectivity index (χ2n) is 8.59. The summed E-state index contributed by atoms with van der Waals surface area (Å²) in [5.41, 5.74) is 2.28. The number of nitrogens with zero attached hydrogens (tertiary/aromatic N) is 4. The van der Waals surface area contributed by atoms with Gasteiger partial charge >= 0.3 is 0 Å². The Kier molecular flexibility index (Phi) is 4.51. The average molecular weight is 383 g/mol. The van der Waals surface area contributed by atoms with Crippen LogP contribution in [-0.4, -0.2) is 79.1 Å². The lowest BCUT2D eigenvalue weighted by Crippen LogP contribution is -2.62. The number of fused-ring (bicyclic) bond motifs is 4. The minimum atomic E-state index is -0.0713. The number of anilines is 1. The number of rotatable bonds is 3. The standard InChI is InChI=1S/C21H29N5O2/c1-14-20(15-3-5-25(14)6-4-15)23-21(27)17-11-16-18(13-28-19(16)12-22-17)26-9-7-24(2)8-10-26/h11-15,20H,3-10H2,1-2H3,(H,23,27)/t14-,20-/m0/s1. The molecule has 4 aliphatic rings. The van der Waals surface area contributed by atoms with Gasteiger partial charge in [-0.15, -0.1) is 0 Å². The van der Waals surface area contributed by atoms with Crippen LogP contribution in [-0.2, 0) is 0 Å². The van der Waals surface area contributed by atoms with E-state index in [0.29, 0.717) is 17.7 Å². The molecule has 0 aromatic carbocycles. The fourth-order valence-electron chi connectivity index (χ4n) is 5.11. The van der Waals surface area contributed by atoms with Crippen molar-refractivity contribution in [3.05, 3.63) is 24.2 Å². The molecule has 1 N–H and O–H groups in total. The lowest BCUT2D eigenvalue weighted by atomic mass is 9.79. The van der Waals surface area contributed by atoms with E-state index in [1.54, 1.807) is 12.5 Å². The van der Waals surface area contributed by atoms with Crippen LogP contribution in [0.2, 0.25) is 0 Å². The Balaban J connectivity index is 1.37. The Morgan fingerprint density at radius 3 is 2.64 bits per heavy atom. The van der Waals surface area contributed by atoms with Crippen LogP contribution >= 0.6 is 0 Å². The van der Waals surface area contributed by atoms with Crippen molar-refractivity contribution in [2.24, 2.45) is 5.92 Å². The lowest BCUT2D eigenvalue weighted by molar-refractivity contribution is 0.0216. The van der Waals surface area contributed by atoms with Crippen molar-refractivity contribution in [1.82, 2.24) is 20.1 Å². The van der Waals surface area contributed by atoms with Crippen LogP contribution in [0.5, 0.6) is 0 Å². The number of carbonyl (C=O) groups excluding carboxylic acids is 1. The van der Waals surface area contributed by atoms with Crippen molar-refractivity contribution in [3.63, 3.8) is 0 Å². The van der Waals surface area contributed by atoms with E-state index in [-0.39, 0.29) is 11.9 Å². The summed E-state index contributed by atoms with van der Waals surface area (Å²) < 4.78 is 5.71. The van der Waals surface area contributed by atoms with Crippen LogP contribution < -0.4 is 10.2 Å². The molecule has 4 saturated heterocycles. The molecule has 0 saturated carbocycles. The number of pyridine rings is 1. The maximum atomic E-state index is 13.0. The number of furan rings is 1. The second-order valence-corrected chi connectivity index (χ2v) is 8.59. The summed E-state index contributed by atoms with van der Waals surface area (Å²) in [5, 5.41) is 4.26. The van der Waals surface area contributed by atoms with E-state index in [4.69, 9.17) is 4.42 Å². The largest absolute Gasteiger partial charge is 0.460 e. The molecule has 0 unspecified atom stereocenters. The zero-order chi connectivity index (χ0) is 19.3. The lowest BCUT2D eigenvalue weighted by Gasteiger charge is -2.49. The van der Waals surface area contributed by atoms with Crippen LogP contribution in [0.15, 0.2) is 22.9 Å². The zero-order valence-electron chi connectivity index (χ0n) is 16.7. The topological polar surface area (TPSA) is 64.9 Å². The van der Waals surface area contributed by atoms with Gasteiger partial charge in [-0.05, 0) is 51.9 Å². The summed E-state index contributed by atoms with van der Waals surface area (Å²) in [7, 11) is 2.15. The van der Waals surface area contributed by atoms with Crippen molar-refractivity contribution in [1.29, 1.82) is 0 Å². The van der Waals surface area contributed by atoms with Gasteiger partial charge in [0.05, 0.1) is 11.9 Å². The Morgan fingerprint density at radius 2 is 1.93 bits per heavy atom. The number of piperazine rings is 1. The predicted molar refractivity (Wildman–Crippen MR) is 109 cm³/mol. The number of likely N-dealkylation sites (N-methyl/N-ethyl adjacent to an activating group) is 1. The summed E-state index contributed by atoms with van der Waals surface area (Å²) in [4.78, 5) is 24.5. The van der Waals surface area contributed by atoms with Gasteiger partial charge in [-0.25, -0.2) is 4.98 Å². The highest BCUT2D eigenvalue weighted by molar-refractivity contribution is 5.99. The molecule has 7 nitrogen and oxygen atoms in total. The highest BCUT2D eigenvalue weighted by Gasteiger charge is 2.40. The Bertz CT molecular complexity index is 863. The molecule has 0 aliphatic carbocycles. The van der Waals surface area contributed by atoms with Gasteiger partial charge in [0.15, 0.2) is 5.58 Å². The van der Waals surface area contributed by atoms with Gasteiger partial charge in [0.25, 0.3) is 5.91 Å². The quantitative estimate of drug-likeness (QED) is 0.872. The highest BCUT2D eigenvalue weighted by Crippen LogP contribution is 2.33. The molecule has 2 aromatic heterocycles. The van der Waals surface area contributed by atoms with Gasteiger partial charge in [-0.3, -0.25) is 9.69 Å². The van der Waals surface area contributed by atoms with Crippen LogP contribution in [0, 0.1) is 5.92 Å². The van der Waals surface area contributed by atoms with E-state index in [1.165, 1.54) is 12.8 Å². The molecule has 2 aromatic rings. The number of aromatic nitrogens is 1. The van der Waals surface area contributed by atoms with Crippen molar-refractivity contribution in [3.8, 4) is 0 Å². The van der Waals surface area contributed by atoms with E-state index < -0.39 is 0 Å². The third-order valence-corrected chi connectivity index (χ3v) is 6.99. The van der Waals surface area contributed by atoms with E-state index >= 15 is 0 Å². The van der Waals surface area contributed by atoms with Crippen LogP contribution in [0.3, 0.4) is 0 Å². The molecule has 7 heteroatoms. The monoisotopic (exact) mass is 383 g/mol. The molecule has 1 amide bonds. The minimum absolute atomic E-state index is 0.0713. The maximum Gasteiger partial charge on any atom is 0.270 e. The SMILES string of the molecule is C[C@H]1[C@H](NC(=O)c2cc3c(N4CCN(C)CC4)coc3cn2)C2CCN1CC2. The molecule has 4 aliphatic heterocycles. The van der Waals surface area contributed by atoms with E-state index in [1.807, 2.05) is 6.07 Å². The molecule has 28 heavy (non-hydrogen) atoms. The van der Waals surface area contributed by atoms with Gasteiger partial charge < -0.3 is 19.5 Å². The Labute approximate surface area is 165 Å². The first-order chi connectivity index (χ1) is 13.6. The number of hydrogen-bond donors (Lipinski definition) is 1. The summed E-state index contributed by atoms with van der Waals surface area (Å²) in [6.45, 7) is 8.54. The van der Waals surface area contributed by atoms with Crippen molar-refractivity contribution in [2.75, 3.05) is 51.2 Å². The normalized spacial score (nSPS) is 30.7. The van der Waals surface area contributed by atoms with Crippen LogP contribution in [0.25, 0.3) is 11.0 Å². The van der Waals surface area contributed by atoms with E-state index in [0.717, 1.165) is 55.9 Å². The molecule has 2 atom stereocenters. The minimum Gasteiger partial charge on any atom is -0.460 e. The second kappa shape index (κ2) is 7.04. The van der Waals surface area contributed by atoms with E-state index in [2.05, 4.69) is 39.0 Å². The number of piperidine rings is 3. The molecule has 4 fully saturated rings. The van der Waals surface area contributed by atoms with Gasteiger partial charge in [-0.2, -0.15) is 0 Å². The third-order valence-electron chi connectivity index (χ3n) is 6.99. The summed E-state index contributed by atoms with van der Waals surface area (Å²) in [6, 6.07) is 2.51. The molecular weight excluding hydrogens is 354 g/mol. The first-order valence-corrected chi connectivity index (χ1v) is 10.5. The van der Waals surface area contributed by atoms with Crippen LogP contribution in [0.1, 0.15) is 30.3 Å². The molecule has 2 bridgehead atoms. The van der Waals surface area contributed by atoms with Crippen molar-refractivity contribution >= 4 is 22.6 Å². The van der Waals surface area contributed by atoms with Crippen molar-refractivity contribution < 1.29 is 9.21 Å². The third kappa shape index (κ3) is 3.06. The molecule has 0 spiro atoms. The summed E-state index contributed by atoms with van der Waals surface area (Å²) >= 11 is 0. The number of nitrogens with one attached hydrogen (secondary N) is 1. The maximum absolute atomic E-state index is 13.0. The summed E-state index contributed by atoms with van der Waals surface area (Å²) in [6.07, 6.45) is 5.84. The predicted octanol–water partition coefficient (Wildman–Crippen LogP) is 1.79. The summed E-state index contributed by atoms with van der Waals surface area (Å²) in [5.74, 6) is 0.514. The first kappa shape index (κ1) is 17.9. The first-order valence-electron chi connectivity index (χ1n) is 10.5. The molecule has 6 heterocycles. The fourth-order valence-corrected chi connectivity index (χ4v) is 5.11. The number of amides is 1. The Hall–Kier alpha value is -2.12. The number of hydrogen-bond acceptors (Lipinski definition) is 6. The molecule has 6 rings (SSSR count). The van der Waals surface area contributed by atoms with Crippen LogP contribution in [0.4, 0.5) is 5.69 Å². The average Bonchev–Trinajstić information content (AvgIpc) is 3.15. The molecule has 0 radical (unpaired) electrons. The van der Waals surface area contributed by atoms with E-state index in [9.17, 15) is 4.79 Å². The van der Waals surface area contributed by atoms with Gasteiger partial charge in [0.2, 0.25) is 0 Å². The molecule has 150 valence electrons. The Morgan fingerprint density at radius 1 is 1.18 bits per heavy atom. The van der Waals surface area contributed by atoms with Crippen molar-refractivity contribution in [2.45, 2.75) is 31.8 Å². The zero-order valence-corrected chi connectivity index (χ0v) is 16.7. The smallest absolute Gasteiger partial charge is 0.270 e. The van der Waals surface area contributed by atoms with Gasteiger partial charge in [0, 0.05) is 43.6 Å².